The first-order valence-electron chi connectivity index (χ1n) is 5.67. The minimum absolute atomic E-state index is 0.616. The van der Waals surface area contributed by atoms with Crippen molar-refractivity contribution in [1.29, 1.82) is 0 Å². The molecule has 0 saturated carbocycles. The summed E-state index contributed by atoms with van der Waals surface area (Å²) < 4.78 is 0. The fourth-order valence-corrected chi connectivity index (χ4v) is 3.29. The average Bonchev–Trinajstić information content (AvgIpc) is 2.87. The molecule has 0 saturated heterocycles. The van der Waals surface area contributed by atoms with Crippen molar-refractivity contribution in [2.75, 3.05) is 12.4 Å². The number of anilines is 1. The summed E-state index contributed by atoms with van der Waals surface area (Å²) >= 11 is 3.06. The van der Waals surface area contributed by atoms with E-state index in [1.807, 2.05) is 31.5 Å². The fourth-order valence-electron chi connectivity index (χ4n) is 1.58. The van der Waals surface area contributed by atoms with Crippen LogP contribution in [-0.2, 0) is 0 Å². The third kappa shape index (κ3) is 2.52. The quantitative estimate of drug-likeness (QED) is 0.591. The Morgan fingerprint density at radius 3 is 2.89 bits per heavy atom. The maximum absolute atomic E-state index is 4.48. The van der Waals surface area contributed by atoms with Gasteiger partial charge in [0.25, 0.3) is 0 Å². The van der Waals surface area contributed by atoms with Crippen LogP contribution in [0, 0.1) is 6.92 Å². The van der Waals surface area contributed by atoms with E-state index in [0.29, 0.717) is 11.1 Å². The van der Waals surface area contributed by atoms with E-state index in [1.54, 1.807) is 17.5 Å². The molecular formula is C12H11N5S2. The number of aromatic nitrogens is 4. The lowest BCUT2D eigenvalue weighted by Gasteiger charge is -2.04. The van der Waals surface area contributed by atoms with Crippen molar-refractivity contribution in [1.82, 2.24) is 19.9 Å². The molecule has 0 spiro atoms. The Balaban J connectivity index is 2.06. The molecule has 3 rings (SSSR count). The van der Waals surface area contributed by atoms with E-state index in [2.05, 4.69) is 25.3 Å². The standard InChI is InChI=1S/C12H11N5S2/c1-7-3-5-14-12(15-7)19-10-8-4-6-18-9(8)16-11(13-2)17-10/h3-6H,1-2H3,(H,13,16,17). The molecule has 96 valence electrons. The molecular weight excluding hydrogens is 278 g/mol. The van der Waals surface area contributed by atoms with Crippen molar-refractivity contribution in [3.05, 3.63) is 29.4 Å². The van der Waals surface area contributed by atoms with Gasteiger partial charge in [0, 0.05) is 24.3 Å². The van der Waals surface area contributed by atoms with Gasteiger partial charge in [0.1, 0.15) is 9.86 Å². The Labute approximate surface area is 118 Å². The smallest absolute Gasteiger partial charge is 0.224 e. The normalized spacial score (nSPS) is 10.8. The minimum atomic E-state index is 0.616. The van der Waals surface area contributed by atoms with E-state index in [-0.39, 0.29) is 0 Å². The number of rotatable bonds is 3. The Morgan fingerprint density at radius 1 is 1.21 bits per heavy atom. The predicted octanol–water partition coefficient (Wildman–Crippen LogP) is 2.98. The molecule has 0 atom stereocenters. The largest absolute Gasteiger partial charge is 0.357 e. The van der Waals surface area contributed by atoms with E-state index < -0.39 is 0 Å². The Bertz CT molecular complexity index is 725. The van der Waals surface area contributed by atoms with Crippen LogP contribution in [0.5, 0.6) is 0 Å². The lowest BCUT2D eigenvalue weighted by atomic mass is 10.4. The maximum atomic E-state index is 4.48. The number of hydrogen-bond acceptors (Lipinski definition) is 7. The zero-order valence-electron chi connectivity index (χ0n) is 10.4. The second kappa shape index (κ2) is 5.10. The van der Waals surface area contributed by atoms with Gasteiger partial charge in [-0.3, -0.25) is 0 Å². The number of aryl methyl sites for hydroxylation is 1. The summed E-state index contributed by atoms with van der Waals surface area (Å²) in [6, 6.07) is 3.90. The monoisotopic (exact) mass is 289 g/mol. The molecule has 3 aromatic heterocycles. The van der Waals surface area contributed by atoms with Crippen LogP contribution in [0.1, 0.15) is 5.69 Å². The van der Waals surface area contributed by atoms with Crippen molar-refractivity contribution >= 4 is 39.3 Å². The van der Waals surface area contributed by atoms with Gasteiger partial charge in [-0.15, -0.1) is 11.3 Å². The van der Waals surface area contributed by atoms with E-state index in [0.717, 1.165) is 20.9 Å². The van der Waals surface area contributed by atoms with Gasteiger partial charge in [-0.1, -0.05) is 0 Å². The maximum Gasteiger partial charge on any atom is 0.224 e. The van der Waals surface area contributed by atoms with Gasteiger partial charge in [-0.25, -0.2) is 19.9 Å². The second-order valence-corrected chi connectivity index (χ2v) is 5.67. The average molecular weight is 289 g/mol. The summed E-state index contributed by atoms with van der Waals surface area (Å²) in [6.45, 7) is 1.95. The van der Waals surface area contributed by atoms with Crippen LogP contribution in [-0.4, -0.2) is 27.0 Å². The van der Waals surface area contributed by atoms with Gasteiger partial charge in [0.15, 0.2) is 5.16 Å². The van der Waals surface area contributed by atoms with Crippen LogP contribution in [0.4, 0.5) is 5.95 Å². The highest BCUT2D eigenvalue weighted by atomic mass is 32.2. The summed E-state index contributed by atoms with van der Waals surface area (Å²) in [5.41, 5.74) is 0.946. The van der Waals surface area contributed by atoms with Gasteiger partial charge in [-0.2, -0.15) is 0 Å². The lowest BCUT2D eigenvalue weighted by molar-refractivity contribution is 0.928. The minimum Gasteiger partial charge on any atom is -0.357 e. The summed E-state index contributed by atoms with van der Waals surface area (Å²) in [6.07, 6.45) is 1.76. The first kappa shape index (κ1) is 12.3. The molecule has 0 radical (unpaired) electrons. The topological polar surface area (TPSA) is 63.6 Å². The highest BCUT2D eigenvalue weighted by molar-refractivity contribution is 7.99. The molecule has 3 aromatic rings. The summed E-state index contributed by atoms with van der Waals surface area (Å²) in [4.78, 5) is 18.5. The molecule has 0 fully saturated rings. The number of hydrogen-bond donors (Lipinski definition) is 1. The highest BCUT2D eigenvalue weighted by Crippen LogP contribution is 2.32. The third-order valence-electron chi connectivity index (χ3n) is 2.47. The summed E-state index contributed by atoms with van der Waals surface area (Å²) in [5, 5.41) is 7.61. The van der Waals surface area contributed by atoms with E-state index in [9.17, 15) is 0 Å². The molecule has 0 bridgehead atoms. The zero-order chi connectivity index (χ0) is 13.2. The lowest BCUT2D eigenvalue weighted by Crippen LogP contribution is -1.97. The number of fused-ring (bicyclic) bond motifs is 1. The number of nitrogens with zero attached hydrogens (tertiary/aromatic N) is 4. The Morgan fingerprint density at radius 2 is 2.11 bits per heavy atom. The molecule has 3 heterocycles. The van der Waals surface area contributed by atoms with Crippen LogP contribution in [0.15, 0.2) is 33.9 Å². The van der Waals surface area contributed by atoms with E-state index in [4.69, 9.17) is 0 Å². The van der Waals surface area contributed by atoms with Crippen LogP contribution >= 0.6 is 23.1 Å². The predicted molar refractivity (Wildman–Crippen MR) is 77.9 cm³/mol. The van der Waals surface area contributed by atoms with Crippen molar-refractivity contribution < 1.29 is 0 Å². The molecule has 0 amide bonds. The van der Waals surface area contributed by atoms with Gasteiger partial charge in [0.2, 0.25) is 5.95 Å². The van der Waals surface area contributed by atoms with Crippen molar-refractivity contribution in [3.63, 3.8) is 0 Å². The van der Waals surface area contributed by atoms with Gasteiger partial charge in [0.05, 0.1) is 0 Å². The first-order valence-corrected chi connectivity index (χ1v) is 7.36. The molecule has 0 aromatic carbocycles. The summed E-state index contributed by atoms with van der Waals surface area (Å²) in [5.74, 6) is 0.616. The Kier molecular flexibility index (Phi) is 3.31. The van der Waals surface area contributed by atoms with Gasteiger partial charge in [-0.05, 0) is 36.2 Å². The van der Waals surface area contributed by atoms with Crippen LogP contribution in [0.2, 0.25) is 0 Å². The zero-order valence-corrected chi connectivity index (χ0v) is 12.0. The van der Waals surface area contributed by atoms with Crippen LogP contribution < -0.4 is 5.32 Å². The molecule has 19 heavy (non-hydrogen) atoms. The molecule has 7 heteroatoms. The highest BCUT2D eigenvalue weighted by Gasteiger charge is 2.11. The second-order valence-electron chi connectivity index (χ2n) is 3.82. The molecule has 0 aliphatic rings. The molecule has 1 N–H and O–H groups in total. The number of thiophene rings is 1. The first-order chi connectivity index (χ1) is 9.26. The molecule has 0 aliphatic heterocycles. The number of nitrogens with one attached hydrogen (secondary N) is 1. The summed E-state index contributed by atoms with van der Waals surface area (Å²) in [7, 11) is 1.81. The third-order valence-corrected chi connectivity index (χ3v) is 4.16. The van der Waals surface area contributed by atoms with Gasteiger partial charge >= 0.3 is 0 Å². The molecule has 0 unspecified atom stereocenters. The van der Waals surface area contributed by atoms with Crippen LogP contribution in [0.3, 0.4) is 0 Å². The SMILES string of the molecule is CNc1nc(Sc2nccc(C)n2)c2ccsc2n1. The Hall–Kier alpha value is -1.73. The van der Waals surface area contributed by atoms with Crippen LogP contribution in [0.25, 0.3) is 10.2 Å². The van der Waals surface area contributed by atoms with Crippen molar-refractivity contribution in [3.8, 4) is 0 Å². The van der Waals surface area contributed by atoms with Crippen molar-refractivity contribution in [2.45, 2.75) is 17.1 Å². The molecule has 0 aliphatic carbocycles. The van der Waals surface area contributed by atoms with Gasteiger partial charge < -0.3 is 5.32 Å². The fraction of sp³-hybridized carbons (Fsp3) is 0.167. The van der Waals surface area contributed by atoms with Crippen molar-refractivity contribution in [2.24, 2.45) is 0 Å². The van der Waals surface area contributed by atoms with E-state index >= 15 is 0 Å². The molecule has 5 nitrogen and oxygen atoms in total. The van der Waals surface area contributed by atoms with E-state index in [1.165, 1.54) is 11.8 Å².